The molecule has 0 bridgehead atoms. The first-order valence-electron chi connectivity index (χ1n) is 6.44. The Bertz CT molecular complexity index is 725. The second kappa shape index (κ2) is 3.89. The SMILES string of the molecule is OC1(c2ccccc2-c2nc3ccccc3s2)CC1. The van der Waals surface area contributed by atoms with Crippen LogP contribution in [0.3, 0.4) is 0 Å². The molecule has 1 N–H and O–H groups in total. The average molecular weight is 267 g/mol. The van der Waals surface area contributed by atoms with E-state index in [2.05, 4.69) is 12.1 Å². The number of rotatable bonds is 2. The highest BCUT2D eigenvalue weighted by Crippen LogP contribution is 2.49. The van der Waals surface area contributed by atoms with Gasteiger partial charge in [0.25, 0.3) is 0 Å². The molecule has 2 nitrogen and oxygen atoms in total. The lowest BCUT2D eigenvalue weighted by atomic mass is 10.0. The highest BCUT2D eigenvalue weighted by atomic mass is 32.1. The Hall–Kier alpha value is -1.71. The second-order valence-electron chi connectivity index (χ2n) is 5.06. The minimum Gasteiger partial charge on any atom is -0.385 e. The average Bonchev–Trinajstić information content (AvgIpc) is 3.05. The van der Waals surface area contributed by atoms with E-state index in [1.165, 1.54) is 4.70 Å². The quantitative estimate of drug-likeness (QED) is 0.762. The largest absolute Gasteiger partial charge is 0.385 e. The molecular weight excluding hydrogens is 254 g/mol. The lowest BCUT2D eigenvalue weighted by Crippen LogP contribution is -2.05. The molecule has 94 valence electrons. The summed E-state index contributed by atoms with van der Waals surface area (Å²) in [6, 6.07) is 16.2. The van der Waals surface area contributed by atoms with E-state index in [0.717, 1.165) is 34.5 Å². The molecule has 0 radical (unpaired) electrons. The van der Waals surface area contributed by atoms with Gasteiger partial charge in [0.05, 0.1) is 15.8 Å². The number of benzene rings is 2. The number of aliphatic hydroxyl groups is 1. The van der Waals surface area contributed by atoms with Crippen LogP contribution < -0.4 is 0 Å². The molecule has 1 aliphatic carbocycles. The first-order chi connectivity index (χ1) is 9.26. The van der Waals surface area contributed by atoms with Crippen LogP contribution in [-0.2, 0) is 5.60 Å². The fraction of sp³-hybridized carbons (Fsp3) is 0.188. The summed E-state index contributed by atoms with van der Waals surface area (Å²) >= 11 is 1.69. The van der Waals surface area contributed by atoms with E-state index in [4.69, 9.17) is 4.98 Å². The Morgan fingerprint density at radius 2 is 1.74 bits per heavy atom. The third-order valence-corrected chi connectivity index (χ3v) is 4.75. The van der Waals surface area contributed by atoms with Gasteiger partial charge in [0, 0.05) is 5.56 Å². The highest BCUT2D eigenvalue weighted by molar-refractivity contribution is 7.21. The Labute approximate surface area is 115 Å². The van der Waals surface area contributed by atoms with E-state index in [1.807, 2.05) is 36.4 Å². The fourth-order valence-electron chi connectivity index (χ4n) is 2.45. The molecule has 1 aromatic heterocycles. The lowest BCUT2D eigenvalue weighted by molar-refractivity contribution is 0.152. The van der Waals surface area contributed by atoms with Crippen LogP contribution in [0.25, 0.3) is 20.8 Å². The third kappa shape index (κ3) is 1.78. The minimum absolute atomic E-state index is 0.617. The molecule has 0 aliphatic heterocycles. The Morgan fingerprint density at radius 1 is 1.00 bits per heavy atom. The predicted molar refractivity (Wildman–Crippen MR) is 78.2 cm³/mol. The molecule has 0 spiro atoms. The molecule has 0 amide bonds. The Balaban J connectivity index is 1.92. The van der Waals surface area contributed by atoms with Crippen molar-refractivity contribution in [2.24, 2.45) is 0 Å². The summed E-state index contributed by atoms with van der Waals surface area (Å²) in [6.07, 6.45) is 1.71. The Kier molecular flexibility index (Phi) is 2.28. The number of fused-ring (bicyclic) bond motifs is 1. The van der Waals surface area contributed by atoms with Crippen molar-refractivity contribution in [1.29, 1.82) is 0 Å². The molecule has 1 fully saturated rings. The van der Waals surface area contributed by atoms with Crippen molar-refractivity contribution in [1.82, 2.24) is 4.98 Å². The predicted octanol–water partition coefficient (Wildman–Crippen LogP) is 3.94. The number of thiazole rings is 1. The van der Waals surface area contributed by atoms with Crippen LogP contribution in [0.15, 0.2) is 48.5 Å². The van der Waals surface area contributed by atoms with Crippen LogP contribution in [0.5, 0.6) is 0 Å². The Morgan fingerprint density at radius 3 is 2.53 bits per heavy atom. The molecule has 0 saturated heterocycles. The van der Waals surface area contributed by atoms with Gasteiger partial charge in [-0.25, -0.2) is 4.98 Å². The van der Waals surface area contributed by atoms with E-state index in [0.29, 0.717) is 0 Å². The molecule has 0 unspecified atom stereocenters. The number of nitrogens with zero attached hydrogens (tertiary/aromatic N) is 1. The van der Waals surface area contributed by atoms with Crippen LogP contribution in [-0.4, -0.2) is 10.1 Å². The van der Waals surface area contributed by atoms with Crippen molar-refractivity contribution in [3.63, 3.8) is 0 Å². The van der Waals surface area contributed by atoms with Gasteiger partial charge in [0.1, 0.15) is 5.01 Å². The number of para-hydroxylation sites is 1. The molecular formula is C16H13NOS. The molecule has 1 saturated carbocycles. The summed E-state index contributed by atoms with van der Waals surface area (Å²) in [5.41, 5.74) is 2.51. The van der Waals surface area contributed by atoms with Crippen molar-refractivity contribution >= 4 is 21.6 Å². The zero-order valence-corrected chi connectivity index (χ0v) is 11.2. The van der Waals surface area contributed by atoms with E-state index < -0.39 is 5.60 Å². The second-order valence-corrected chi connectivity index (χ2v) is 6.09. The van der Waals surface area contributed by atoms with Crippen LogP contribution in [0.1, 0.15) is 18.4 Å². The van der Waals surface area contributed by atoms with Crippen LogP contribution in [0.2, 0.25) is 0 Å². The number of aromatic nitrogens is 1. The van der Waals surface area contributed by atoms with Gasteiger partial charge in [-0.05, 0) is 30.5 Å². The summed E-state index contributed by atoms with van der Waals surface area (Å²) < 4.78 is 1.19. The molecule has 3 aromatic rings. The monoisotopic (exact) mass is 267 g/mol. The van der Waals surface area contributed by atoms with Gasteiger partial charge in [-0.1, -0.05) is 36.4 Å². The van der Waals surface area contributed by atoms with Gasteiger partial charge < -0.3 is 5.11 Å². The molecule has 4 rings (SSSR count). The first kappa shape index (κ1) is 11.1. The minimum atomic E-state index is -0.617. The molecule has 3 heteroatoms. The third-order valence-electron chi connectivity index (χ3n) is 3.68. The van der Waals surface area contributed by atoms with E-state index >= 15 is 0 Å². The van der Waals surface area contributed by atoms with E-state index in [-0.39, 0.29) is 0 Å². The maximum atomic E-state index is 10.4. The normalized spacial score (nSPS) is 16.7. The molecule has 2 aromatic carbocycles. The van der Waals surface area contributed by atoms with Gasteiger partial charge >= 0.3 is 0 Å². The van der Waals surface area contributed by atoms with Gasteiger partial charge in [-0.2, -0.15) is 0 Å². The molecule has 0 atom stereocenters. The topological polar surface area (TPSA) is 33.1 Å². The summed E-state index contributed by atoms with van der Waals surface area (Å²) in [7, 11) is 0. The summed E-state index contributed by atoms with van der Waals surface area (Å²) in [5, 5.41) is 11.4. The maximum Gasteiger partial charge on any atom is 0.124 e. The summed E-state index contributed by atoms with van der Waals surface area (Å²) in [6.45, 7) is 0. The van der Waals surface area contributed by atoms with Gasteiger partial charge in [-0.3, -0.25) is 0 Å². The van der Waals surface area contributed by atoms with Crippen molar-refractivity contribution < 1.29 is 5.11 Å². The lowest BCUT2D eigenvalue weighted by Gasteiger charge is -2.12. The zero-order valence-electron chi connectivity index (χ0n) is 10.3. The van der Waals surface area contributed by atoms with Crippen LogP contribution in [0.4, 0.5) is 0 Å². The van der Waals surface area contributed by atoms with Gasteiger partial charge in [0.15, 0.2) is 0 Å². The van der Waals surface area contributed by atoms with Gasteiger partial charge in [-0.15, -0.1) is 11.3 Å². The van der Waals surface area contributed by atoms with Crippen molar-refractivity contribution in [3.05, 3.63) is 54.1 Å². The maximum absolute atomic E-state index is 10.4. The van der Waals surface area contributed by atoms with E-state index in [1.54, 1.807) is 11.3 Å². The number of hydrogen-bond donors (Lipinski definition) is 1. The smallest absolute Gasteiger partial charge is 0.124 e. The number of hydrogen-bond acceptors (Lipinski definition) is 3. The fourth-order valence-corrected chi connectivity index (χ4v) is 3.46. The van der Waals surface area contributed by atoms with Crippen LogP contribution in [0, 0.1) is 0 Å². The van der Waals surface area contributed by atoms with Gasteiger partial charge in [0.2, 0.25) is 0 Å². The van der Waals surface area contributed by atoms with Crippen molar-refractivity contribution in [2.45, 2.75) is 18.4 Å². The van der Waals surface area contributed by atoms with E-state index in [9.17, 15) is 5.11 Å². The molecule has 1 aliphatic rings. The van der Waals surface area contributed by atoms with Crippen molar-refractivity contribution in [3.8, 4) is 10.6 Å². The molecule has 19 heavy (non-hydrogen) atoms. The summed E-state index contributed by atoms with van der Waals surface area (Å²) in [5.74, 6) is 0. The summed E-state index contributed by atoms with van der Waals surface area (Å²) in [4.78, 5) is 4.69. The van der Waals surface area contributed by atoms with Crippen molar-refractivity contribution in [2.75, 3.05) is 0 Å². The zero-order chi connectivity index (χ0) is 12.9. The van der Waals surface area contributed by atoms with Crippen LogP contribution >= 0.6 is 11.3 Å². The highest BCUT2D eigenvalue weighted by Gasteiger charge is 2.43. The molecule has 1 heterocycles. The standard InChI is InChI=1S/C16H13NOS/c18-16(9-10-16)12-6-2-1-5-11(12)15-17-13-7-3-4-8-14(13)19-15/h1-8,18H,9-10H2. The first-order valence-corrected chi connectivity index (χ1v) is 7.26.